The summed E-state index contributed by atoms with van der Waals surface area (Å²) in [4.78, 5) is 24.3. The summed E-state index contributed by atoms with van der Waals surface area (Å²) in [6, 6.07) is 15.2. The number of ether oxygens (including phenoxy) is 1. The van der Waals surface area contributed by atoms with Crippen LogP contribution in [0.4, 0.5) is 5.13 Å². The SMILES string of the molecule is COc1ccccc1C(=O)N(Cc1cccnc1)c1nc2c(C)c(C)ccc2s1. The van der Waals surface area contributed by atoms with Crippen LogP contribution in [0.2, 0.25) is 0 Å². The van der Waals surface area contributed by atoms with Crippen molar-refractivity contribution in [1.82, 2.24) is 9.97 Å². The second-order valence-electron chi connectivity index (χ2n) is 6.80. The van der Waals surface area contributed by atoms with E-state index in [2.05, 4.69) is 31.0 Å². The lowest BCUT2D eigenvalue weighted by atomic mass is 10.1. The van der Waals surface area contributed by atoms with Crippen LogP contribution >= 0.6 is 11.3 Å². The summed E-state index contributed by atoms with van der Waals surface area (Å²) in [7, 11) is 1.57. The van der Waals surface area contributed by atoms with Gasteiger partial charge in [-0.05, 0) is 54.8 Å². The average molecular weight is 404 g/mol. The maximum atomic E-state index is 13.6. The molecular formula is C23H21N3O2S. The molecule has 0 aliphatic carbocycles. The molecule has 1 amide bonds. The third-order valence-electron chi connectivity index (χ3n) is 4.95. The zero-order valence-electron chi connectivity index (χ0n) is 16.5. The van der Waals surface area contributed by atoms with Crippen LogP contribution in [0.15, 0.2) is 60.9 Å². The van der Waals surface area contributed by atoms with Crippen molar-refractivity contribution in [2.75, 3.05) is 12.0 Å². The highest BCUT2D eigenvalue weighted by Crippen LogP contribution is 2.34. The van der Waals surface area contributed by atoms with E-state index in [9.17, 15) is 4.79 Å². The Balaban J connectivity index is 1.82. The van der Waals surface area contributed by atoms with Crippen molar-refractivity contribution in [2.24, 2.45) is 0 Å². The van der Waals surface area contributed by atoms with Crippen molar-refractivity contribution < 1.29 is 9.53 Å². The molecule has 0 unspecified atom stereocenters. The number of carbonyl (C=O) groups is 1. The number of hydrogen-bond acceptors (Lipinski definition) is 5. The number of aromatic nitrogens is 2. The number of rotatable bonds is 5. The summed E-state index contributed by atoms with van der Waals surface area (Å²) in [6.07, 6.45) is 3.49. The number of fused-ring (bicyclic) bond motifs is 1. The number of para-hydroxylation sites is 1. The topological polar surface area (TPSA) is 55.3 Å². The number of anilines is 1. The zero-order valence-corrected chi connectivity index (χ0v) is 17.4. The summed E-state index contributed by atoms with van der Waals surface area (Å²) in [6.45, 7) is 4.51. The van der Waals surface area contributed by atoms with Crippen LogP contribution in [-0.2, 0) is 6.54 Å². The van der Waals surface area contributed by atoms with E-state index in [0.29, 0.717) is 23.0 Å². The quantitative estimate of drug-likeness (QED) is 0.462. The number of benzene rings is 2. The normalized spacial score (nSPS) is 10.9. The van der Waals surface area contributed by atoms with E-state index in [1.807, 2.05) is 24.3 Å². The van der Waals surface area contributed by atoms with Gasteiger partial charge in [-0.1, -0.05) is 35.6 Å². The van der Waals surface area contributed by atoms with Crippen molar-refractivity contribution in [3.63, 3.8) is 0 Å². The highest BCUT2D eigenvalue weighted by molar-refractivity contribution is 7.22. The fourth-order valence-electron chi connectivity index (χ4n) is 3.20. The number of aryl methyl sites for hydroxylation is 2. The first-order valence-corrected chi connectivity index (χ1v) is 10.1. The molecule has 29 heavy (non-hydrogen) atoms. The molecule has 2 heterocycles. The largest absolute Gasteiger partial charge is 0.496 e. The lowest BCUT2D eigenvalue weighted by Crippen LogP contribution is -2.30. The maximum Gasteiger partial charge on any atom is 0.264 e. The summed E-state index contributed by atoms with van der Waals surface area (Å²) in [5.41, 5.74) is 4.70. The second kappa shape index (κ2) is 8.01. The molecule has 2 aromatic heterocycles. The van der Waals surface area contributed by atoms with E-state index < -0.39 is 0 Å². The Bertz CT molecular complexity index is 1170. The smallest absolute Gasteiger partial charge is 0.264 e. The molecule has 0 spiro atoms. The van der Waals surface area contributed by atoms with Gasteiger partial charge in [0.2, 0.25) is 0 Å². The molecule has 2 aromatic carbocycles. The van der Waals surface area contributed by atoms with Crippen molar-refractivity contribution >= 4 is 32.6 Å². The van der Waals surface area contributed by atoms with Gasteiger partial charge in [-0.15, -0.1) is 0 Å². The van der Waals surface area contributed by atoms with E-state index in [0.717, 1.165) is 21.3 Å². The predicted octanol–water partition coefficient (Wildman–Crippen LogP) is 5.16. The van der Waals surface area contributed by atoms with E-state index in [1.54, 1.807) is 36.5 Å². The molecule has 0 bridgehead atoms. The van der Waals surface area contributed by atoms with Crippen molar-refractivity contribution in [3.05, 3.63) is 83.2 Å². The number of carbonyl (C=O) groups excluding carboxylic acids is 1. The Labute approximate surface area is 173 Å². The van der Waals surface area contributed by atoms with Gasteiger partial charge >= 0.3 is 0 Å². The van der Waals surface area contributed by atoms with Gasteiger partial charge in [0, 0.05) is 12.4 Å². The molecule has 0 fully saturated rings. The summed E-state index contributed by atoms with van der Waals surface area (Å²) in [5, 5.41) is 0.661. The number of amides is 1. The summed E-state index contributed by atoms with van der Waals surface area (Å²) < 4.78 is 6.48. The highest BCUT2D eigenvalue weighted by atomic mass is 32.1. The molecule has 0 N–H and O–H groups in total. The molecule has 0 radical (unpaired) electrons. The van der Waals surface area contributed by atoms with Gasteiger partial charge in [-0.3, -0.25) is 14.7 Å². The Hall–Kier alpha value is -3.25. The lowest BCUT2D eigenvalue weighted by Gasteiger charge is -2.21. The minimum absolute atomic E-state index is 0.153. The van der Waals surface area contributed by atoms with Crippen LogP contribution in [0.5, 0.6) is 5.75 Å². The Morgan fingerprint density at radius 1 is 1.10 bits per heavy atom. The molecule has 4 rings (SSSR count). The van der Waals surface area contributed by atoms with E-state index in [-0.39, 0.29) is 5.91 Å². The molecular weight excluding hydrogens is 382 g/mol. The molecule has 4 aromatic rings. The Morgan fingerprint density at radius 2 is 1.93 bits per heavy atom. The summed E-state index contributed by atoms with van der Waals surface area (Å²) >= 11 is 1.52. The van der Waals surface area contributed by atoms with Crippen LogP contribution < -0.4 is 9.64 Å². The third kappa shape index (κ3) is 3.71. The molecule has 6 heteroatoms. The minimum atomic E-state index is -0.153. The van der Waals surface area contributed by atoms with Crippen molar-refractivity contribution in [3.8, 4) is 5.75 Å². The van der Waals surface area contributed by atoms with Crippen LogP contribution in [0.25, 0.3) is 10.2 Å². The average Bonchev–Trinajstić information content (AvgIpc) is 3.19. The van der Waals surface area contributed by atoms with Gasteiger partial charge in [0.05, 0.1) is 29.4 Å². The molecule has 0 saturated carbocycles. The van der Waals surface area contributed by atoms with Crippen LogP contribution in [0, 0.1) is 13.8 Å². The second-order valence-corrected chi connectivity index (χ2v) is 7.81. The highest BCUT2D eigenvalue weighted by Gasteiger charge is 2.24. The first-order valence-electron chi connectivity index (χ1n) is 9.29. The third-order valence-corrected chi connectivity index (χ3v) is 5.99. The van der Waals surface area contributed by atoms with Gasteiger partial charge in [-0.25, -0.2) is 4.98 Å². The van der Waals surface area contributed by atoms with Gasteiger partial charge < -0.3 is 4.74 Å². The zero-order chi connectivity index (χ0) is 20.4. The standard InChI is InChI=1S/C23H21N3O2S/c1-15-10-11-20-21(16(15)2)25-23(29-20)26(14-17-7-6-12-24-13-17)22(27)18-8-4-5-9-19(18)28-3/h4-13H,14H2,1-3H3. The number of hydrogen-bond donors (Lipinski definition) is 0. The first kappa shape index (κ1) is 19.1. The molecule has 0 saturated heterocycles. The number of thiazole rings is 1. The minimum Gasteiger partial charge on any atom is -0.496 e. The first-order chi connectivity index (χ1) is 14.1. The fourth-order valence-corrected chi connectivity index (χ4v) is 4.22. The predicted molar refractivity (Wildman–Crippen MR) is 117 cm³/mol. The van der Waals surface area contributed by atoms with Crippen LogP contribution in [0.3, 0.4) is 0 Å². The molecule has 146 valence electrons. The van der Waals surface area contributed by atoms with Crippen molar-refractivity contribution in [2.45, 2.75) is 20.4 Å². The molecule has 0 atom stereocenters. The van der Waals surface area contributed by atoms with Gasteiger partial charge in [0.25, 0.3) is 5.91 Å². The number of pyridine rings is 1. The van der Waals surface area contributed by atoms with Gasteiger partial charge in [-0.2, -0.15) is 0 Å². The van der Waals surface area contributed by atoms with Crippen LogP contribution in [-0.4, -0.2) is 23.0 Å². The monoisotopic (exact) mass is 403 g/mol. The van der Waals surface area contributed by atoms with E-state index >= 15 is 0 Å². The number of methoxy groups -OCH3 is 1. The van der Waals surface area contributed by atoms with Gasteiger partial charge in [0.15, 0.2) is 5.13 Å². The Morgan fingerprint density at radius 3 is 2.69 bits per heavy atom. The van der Waals surface area contributed by atoms with Crippen LogP contribution in [0.1, 0.15) is 27.0 Å². The van der Waals surface area contributed by atoms with E-state index in [4.69, 9.17) is 9.72 Å². The molecule has 0 aliphatic rings. The molecule has 5 nitrogen and oxygen atoms in total. The maximum absolute atomic E-state index is 13.6. The fraction of sp³-hybridized carbons (Fsp3) is 0.174. The Kier molecular flexibility index (Phi) is 5.27. The number of nitrogens with zero attached hydrogens (tertiary/aromatic N) is 3. The lowest BCUT2D eigenvalue weighted by molar-refractivity contribution is 0.0982. The van der Waals surface area contributed by atoms with Crippen molar-refractivity contribution in [1.29, 1.82) is 0 Å². The van der Waals surface area contributed by atoms with Gasteiger partial charge in [0.1, 0.15) is 5.75 Å². The summed E-state index contributed by atoms with van der Waals surface area (Å²) in [5.74, 6) is 0.390. The molecule has 0 aliphatic heterocycles. The van der Waals surface area contributed by atoms with E-state index in [1.165, 1.54) is 16.9 Å².